The van der Waals surface area contributed by atoms with E-state index >= 15 is 0 Å². The number of hydrogen-bond acceptors (Lipinski definition) is 3. The number of hydrazine groups is 1. The lowest BCUT2D eigenvalue weighted by atomic mass is 10.1. The van der Waals surface area contributed by atoms with Crippen molar-refractivity contribution in [2.24, 2.45) is 0 Å². The topological polar surface area (TPSA) is 33.3 Å². The van der Waals surface area contributed by atoms with Gasteiger partial charge in [-0.25, -0.2) is 0 Å². The molecule has 6 heteroatoms. The van der Waals surface area contributed by atoms with Gasteiger partial charge in [-0.1, -0.05) is 6.07 Å². The minimum Gasteiger partial charge on any atom is -0.489 e. The van der Waals surface area contributed by atoms with Crippen LogP contribution < -0.4 is 15.6 Å². The maximum atomic E-state index is 12.5. The lowest BCUT2D eigenvalue weighted by Crippen LogP contribution is -2.40. The van der Waals surface area contributed by atoms with Crippen molar-refractivity contribution in [1.29, 1.82) is 0 Å². The summed E-state index contributed by atoms with van der Waals surface area (Å²) in [6.45, 7) is 2.67. The Morgan fingerprint density at radius 3 is 2.78 bits per heavy atom. The van der Waals surface area contributed by atoms with Crippen LogP contribution in [0.15, 0.2) is 24.3 Å². The van der Waals surface area contributed by atoms with Crippen molar-refractivity contribution in [2.75, 3.05) is 6.54 Å². The monoisotopic (exact) mass is 260 g/mol. The Balaban J connectivity index is 2.04. The van der Waals surface area contributed by atoms with E-state index in [9.17, 15) is 13.2 Å². The lowest BCUT2D eigenvalue weighted by Gasteiger charge is -2.21. The van der Waals surface area contributed by atoms with Crippen LogP contribution >= 0.6 is 0 Å². The molecule has 1 fully saturated rings. The molecule has 0 spiro atoms. The summed E-state index contributed by atoms with van der Waals surface area (Å²) >= 11 is 0. The molecule has 0 radical (unpaired) electrons. The summed E-state index contributed by atoms with van der Waals surface area (Å²) in [5.41, 5.74) is 5.30. The van der Waals surface area contributed by atoms with Crippen LogP contribution in [0, 0.1) is 0 Å². The Hall–Kier alpha value is -1.27. The average molecular weight is 260 g/mol. The van der Waals surface area contributed by atoms with Crippen molar-refractivity contribution >= 4 is 0 Å². The first-order chi connectivity index (χ1) is 8.47. The maximum absolute atomic E-state index is 12.5. The number of alkyl halides is 3. The average Bonchev–Trinajstić information content (AvgIpc) is 2.81. The fourth-order valence-corrected chi connectivity index (χ4v) is 1.90. The van der Waals surface area contributed by atoms with Gasteiger partial charge in [0.15, 0.2) is 0 Å². The number of rotatable bonds is 3. The molecule has 2 atom stereocenters. The second-order valence-corrected chi connectivity index (χ2v) is 4.31. The van der Waals surface area contributed by atoms with Crippen LogP contribution in [0.3, 0.4) is 0 Å². The van der Waals surface area contributed by atoms with Gasteiger partial charge in [0.25, 0.3) is 0 Å². The summed E-state index contributed by atoms with van der Waals surface area (Å²) in [6, 6.07) is 5.06. The van der Waals surface area contributed by atoms with Gasteiger partial charge in [0, 0.05) is 6.54 Å². The van der Waals surface area contributed by atoms with Crippen molar-refractivity contribution in [3.63, 3.8) is 0 Å². The predicted octanol–water partition coefficient (Wildman–Crippen LogP) is 2.34. The quantitative estimate of drug-likeness (QED) is 0.875. The van der Waals surface area contributed by atoms with Crippen LogP contribution in [0.1, 0.15) is 18.9 Å². The molecule has 2 N–H and O–H groups in total. The van der Waals surface area contributed by atoms with E-state index in [1.54, 1.807) is 0 Å². The highest BCUT2D eigenvalue weighted by Gasteiger charge is 2.31. The zero-order chi connectivity index (χ0) is 13.2. The molecule has 1 heterocycles. The molecule has 2 unspecified atom stereocenters. The Morgan fingerprint density at radius 1 is 1.39 bits per heavy atom. The fourth-order valence-electron chi connectivity index (χ4n) is 1.90. The molecule has 1 aliphatic rings. The largest absolute Gasteiger partial charge is 0.489 e. The van der Waals surface area contributed by atoms with E-state index in [0.29, 0.717) is 0 Å². The third kappa shape index (κ3) is 3.14. The first-order valence-electron chi connectivity index (χ1n) is 5.79. The Kier molecular flexibility index (Phi) is 3.77. The molecule has 100 valence electrons. The van der Waals surface area contributed by atoms with Gasteiger partial charge in [0.1, 0.15) is 11.9 Å². The third-order valence-electron chi connectivity index (χ3n) is 2.92. The second-order valence-electron chi connectivity index (χ2n) is 4.31. The van der Waals surface area contributed by atoms with Gasteiger partial charge in [-0.2, -0.15) is 13.2 Å². The summed E-state index contributed by atoms with van der Waals surface area (Å²) < 4.78 is 43.1. The Morgan fingerprint density at radius 2 is 2.17 bits per heavy atom. The van der Waals surface area contributed by atoms with Gasteiger partial charge in [0.05, 0.1) is 11.6 Å². The molecule has 1 saturated heterocycles. The van der Waals surface area contributed by atoms with E-state index in [1.165, 1.54) is 12.1 Å². The van der Waals surface area contributed by atoms with Crippen molar-refractivity contribution < 1.29 is 17.9 Å². The first-order valence-corrected chi connectivity index (χ1v) is 5.79. The van der Waals surface area contributed by atoms with Gasteiger partial charge < -0.3 is 4.74 Å². The van der Waals surface area contributed by atoms with Crippen molar-refractivity contribution in [3.05, 3.63) is 29.8 Å². The van der Waals surface area contributed by atoms with E-state index in [4.69, 9.17) is 4.74 Å². The van der Waals surface area contributed by atoms with Gasteiger partial charge in [-0.15, -0.1) is 0 Å². The summed E-state index contributed by atoms with van der Waals surface area (Å²) in [7, 11) is 0. The summed E-state index contributed by atoms with van der Waals surface area (Å²) in [5.74, 6) is 0.242. The molecule has 1 aromatic rings. The zero-order valence-electron chi connectivity index (χ0n) is 9.92. The molecule has 0 bridgehead atoms. The third-order valence-corrected chi connectivity index (χ3v) is 2.92. The second kappa shape index (κ2) is 5.16. The maximum Gasteiger partial charge on any atom is 0.416 e. The normalized spacial score (nSPS) is 21.9. The number of ether oxygens (including phenoxy) is 1. The predicted molar refractivity (Wildman–Crippen MR) is 61.1 cm³/mol. The SMILES string of the molecule is CC(Oc1cccc(C(F)(F)F)c1)C1CCNN1. The zero-order valence-corrected chi connectivity index (χ0v) is 9.92. The molecule has 18 heavy (non-hydrogen) atoms. The van der Waals surface area contributed by atoms with Crippen molar-refractivity contribution in [2.45, 2.75) is 31.7 Å². The summed E-state index contributed by atoms with van der Waals surface area (Å²) in [6.07, 6.45) is -3.64. The molecule has 1 aliphatic heterocycles. The van der Waals surface area contributed by atoms with E-state index in [1.807, 2.05) is 6.92 Å². The number of hydrogen-bond donors (Lipinski definition) is 2. The van der Waals surface area contributed by atoms with Gasteiger partial charge in [-0.05, 0) is 31.5 Å². The van der Waals surface area contributed by atoms with Gasteiger partial charge in [-0.3, -0.25) is 10.9 Å². The van der Waals surface area contributed by atoms with Crippen molar-refractivity contribution in [1.82, 2.24) is 10.9 Å². The van der Waals surface area contributed by atoms with Crippen LogP contribution in [0.25, 0.3) is 0 Å². The minimum atomic E-state index is -4.34. The molecule has 0 aromatic heterocycles. The molecule has 0 saturated carbocycles. The van der Waals surface area contributed by atoms with Gasteiger partial charge >= 0.3 is 6.18 Å². The van der Waals surface area contributed by atoms with Crippen molar-refractivity contribution in [3.8, 4) is 5.75 Å². The van der Waals surface area contributed by atoms with Crippen LogP contribution in [0.5, 0.6) is 5.75 Å². The van der Waals surface area contributed by atoms with E-state index in [0.717, 1.165) is 25.1 Å². The Labute approximate surface area is 103 Å². The number of benzene rings is 1. The minimum absolute atomic E-state index is 0.111. The highest BCUT2D eigenvalue weighted by atomic mass is 19.4. The number of halogens is 3. The van der Waals surface area contributed by atoms with Crippen LogP contribution in [0.4, 0.5) is 13.2 Å². The summed E-state index contributed by atoms with van der Waals surface area (Å²) in [4.78, 5) is 0. The number of nitrogens with one attached hydrogen (secondary N) is 2. The molecule has 2 rings (SSSR count). The lowest BCUT2D eigenvalue weighted by molar-refractivity contribution is -0.137. The molecule has 0 amide bonds. The summed E-state index contributed by atoms with van der Waals surface area (Å²) in [5, 5.41) is 0. The smallest absolute Gasteiger partial charge is 0.416 e. The molecular weight excluding hydrogens is 245 g/mol. The standard InChI is InChI=1S/C12H15F3N2O/c1-8(11-5-6-16-17-11)18-10-4-2-3-9(7-10)12(13,14)15/h2-4,7-8,11,16-17H,5-6H2,1H3. The first kappa shape index (κ1) is 13.2. The van der Waals surface area contributed by atoms with Crippen LogP contribution in [-0.4, -0.2) is 18.7 Å². The highest BCUT2D eigenvalue weighted by molar-refractivity contribution is 5.30. The van der Waals surface area contributed by atoms with Crippen LogP contribution in [0.2, 0.25) is 0 Å². The van der Waals surface area contributed by atoms with E-state index in [2.05, 4.69) is 10.9 Å². The van der Waals surface area contributed by atoms with E-state index < -0.39 is 11.7 Å². The highest BCUT2D eigenvalue weighted by Crippen LogP contribution is 2.31. The molecular formula is C12H15F3N2O. The van der Waals surface area contributed by atoms with Gasteiger partial charge in [0.2, 0.25) is 0 Å². The molecule has 0 aliphatic carbocycles. The molecule has 3 nitrogen and oxygen atoms in total. The van der Waals surface area contributed by atoms with Crippen LogP contribution in [-0.2, 0) is 6.18 Å². The molecule has 1 aromatic carbocycles. The van der Waals surface area contributed by atoms with E-state index in [-0.39, 0.29) is 17.9 Å². The Bertz CT molecular complexity index is 403. The fraction of sp³-hybridized carbons (Fsp3) is 0.500.